The third-order valence-electron chi connectivity index (χ3n) is 2.59. The summed E-state index contributed by atoms with van der Waals surface area (Å²) < 4.78 is 24.3. The molecule has 16 heavy (non-hydrogen) atoms. The van der Waals surface area contributed by atoms with Gasteiger partial charge in [-0.3, -0.25) is 4.68 Å². The van der Waals surface area contributed by atoms with E-state index in [1.807, 2.05) is 6.92 Å². The smallest absolute Gasteiger partial charge is 0.255 e. The predicted molar refractivity (Wildman–Crippen MR) is 59.1 cm³/mol. The van der Waals surface area contributed by atoms with Gasteiger partial charge in [0.15, 0.2) is 5.03 Å². The second-order valence-corrected chi connectivity index (χ2v) is 5.47. The van der Waals surface area contributed by atoms with Gasteiger partial charge in [-0.15, -0.1) is 0 Å². The van der Waals surface area contributed by atoms with Crippen LogP contribution >= 0.6 is 0 Å². The molecule has 1 aliphatic rings. The SMILES string of the molecule is CCn1ncc(CNC2CC2)c1S(N)(=O)=O. The minimum Gasteiger partial charge on any atom is -0.310 e. The molecule has 0 atom stereocenters. The molecule has 0 aromatic carbocycles. The Morgan fingerprint density at radius 1 is 1.62 bits per heavy atom. The Hall–Kier alpha value is -0.920. The highest BCUT2D eigenvalue weighted by Gasteiger charge is 2.24. The number of hydrogen-bond acceptors (Lipinski definition) is 4. The molecular weight excluding hydrogens is 228 g/mol. The van der Waals surface area contributed by atoms with Gasteiger partial charge in [0, 0.05) is 24.7 Å². The molecule has 7 heteroatoms. The Morgan fingerprint density at radius 2 is 2.31 bits per heavy atom. The van der Waals surface area contributed by atoms with Crippen LogP contribution in [0.4, 0.5) is 0 Å². The molecule has 1 aromatic heterocycles. The fraction of sp³-hybridized carbons (Fsp3) is 0.667. The molecule has 0 aliphatic heterocycles. The van der Waals surface area contributed by atoms with Crippen LogP contribution in [0.5, 0.6) is 0 Å². The van der Waals surface area contributed by atoms with Crippen LogP contribution in [0.3, 0.4) is 0 Å². The molecule has 1 aliphatic carbocycles. The topological polar surface area (TPSA) is 90.0 Å². The number of nitrogens with one attached hydrogen (secondary N) is 1. The van der Waals surface area contributed by atoms with E-state index in [1.165, 1.54) is 4.68 Å². The van der Waals surface area contributed by atoms with Gasteiger partial charge in [-0.05, 0) is 19.8 Å². The van der Waals surface area contributed by atoms with Crippen molar-refractivity contribution in [1.29, 1.82) is 0 Å². The van der Waals surface area contributed by atoms with Crippen LogP contribution in [0.1, 0.15) is 25.3 Å². The molecule has 1 heterocycles. The van der Waals surface area contributed by atoms with Gasteiger partial charge in [0.25, 0.3) is 10.0 Å². The average Bonchev–Trinajstić information content (AvgIpc) is 2.92. The van der Waals surface area contributed by atoms with Crippen LogP contribution < -0.4 is 10.5 Å². The molecule has 90 valence electrons. The summed E-state index contributed by atoms with van der Waals surface area (Å²) in [6, 6.07) is 0.526. The van der Waals surface area contributed by atoms with Crippen molar-refractivity contribution in [3.63, 3.8) is 0 Å². The van der Waals surface area contributed by atoms with Crippen LogP contribution in [-0.2, 0) is 23.1 Å². The van der Waals surface area contributed by atoms with Crippen LogP contribution in [0.15, 0.2) is 11.2 Å². The largest absolute Gasteiger partial charge is 0.310 e. The van der Waals surface area contributed by atoms with Crippen molar-refractivity contribution in [2.45, 2.75) is 43.9 Å². The summed E-state index contributed by atoms with van der Waals surface area (Å²) in [7, 11) is -3.70. The molecule has 0 unspecified atom stereocenters. The lowest BCUT2D eigenvalue weighted by Crippen LogP contribution is -2.22. The van der Waals surface area contributed by atoms with E-state index in [1.54, 1.807) is 6.20 Å². The third kappa shape index (κ3) is 2.42. The molecule has 3 N–H and O–H groups in total. The number of nitrogens with zero attached hydrogens (tertiary/aromatic N) is 2. The maximum absolute atomic E-state index is 11.4. The van der Waals surface area contributed by atoms with Crippen LogP contribution in [-0.4, -0.2) is 24.2 Å². The lowest BCUT2D eigenvalue weighted by atomic mass is 10.3. The zero-order valence-electron chi connectivity index (χ0n) is 9.18. The van der Waals surface area contributed by atoms with E-state index in [2.05, 4.69) is 10.4 Å². The Bertz CT molecular complexity index is 476. The summed E-state index contributed by atoms with van der Waals surface area (Å²) in [4.78, 5) is 0. The molecule has 1 fully saturated rings. The lowest BCUT2D eigenvalue weighted by Gasteiger charge is -2.06. The van der Waals surface area contributed by atoms with Crippen molar-refractivity contribution < 1.29 is 8.42 Å². The molecule has 1 saturated carbocycles. The molecule has 0 saturated heterocycles. The first-order chi connectivity index (χ1) is 7.52. The first-order valence-corrected chi connectivity index (χ1v) is 6.88. The maximum atomic E-state index is 11.4. The van der Waals surface area contributed by atoms with E-state index >= 15 is 0 Å². The highest BCUT2D eigenvalue weighted by atomic mass is 32.2. The Kier molecular flexibility index (Phi) is 3.00. The number of primary sulfonamides is 1. The second-order valence-electron chi connectivity index (χ2n) is 3.99. The molecular formula is C9H16N4O2S. The van der Waals surface area contributed by atoms with Gasteiger partial charge in [0.2, 0.25) is 0 Å². The third-order valence-corrected chi connectivity index (χ3v) is 3.60. The van der Waals surface area contributed by atoms with E-state index < -0.39 is 10.0 Å². The fourth-order valence-electron chi connectivity index (χ4n) is 1.63. The van der Waals surface area contributed by atoms with Crippen molar-refractivity contribution in [2.75, 3.05) is 0 Å². The normalized spacial score (nSPS) is 16.6. The maximum Gasteiger partial charge on any atom is 0.255 e. The van der Waals surface area contributed by atoms with Crippen molar-refractivity contribution in [1.82, 2.24) is 15.1 Å². The van der Waals surface area contributed by atoms with Crippen LogP contribution in [0.25, 0.3) is 0 Å². The molecule has 0 bridgehead atoms. The summed E-state index contributed by atoms with van der Waals surface area (Å²) in [5, 5.41) is 12.6. The Labute approximate surface area is 94.9 Å². The van der Waals surface area contributed by atoms with Crippen molar-refractivity contribution in [3.05, 3.63) is 11.8 Å². The molecule has 0 amide bonds. The van der Waals surface area contributed by atoms with Crippen molar-refractivity contribution in [3.8, 4) is 0 Å². The summed E-state index contributed by atoms with van der Waals surface area (Å²) in [5.74, 6) is 0. The summed E-state index contributed by atoms with van der Waals surface area (Å²) in [6.07, 6.45) is 3.89. The van der Waals surface area contributed by atoms with Crippen LogP contribution in [0, 0.1) is 0 Å². The summed E-state index contributed by atoms with van der Waals surface area (Å²) in [6.45, 7) is 2.84. The van der Waals surface area contributed by atoms with Gasteiger partial charge >= 0.3 is 0 Å². The van der Waals surface area contributed by atoms with E-state index in [0.717, 1.165) is 12.8 Å². The predicted octanol–water partition coefficient (Wildman–Crippen LogP) is -0.198. The van der Waals surface area contributed by atoms with Gasteiger partial charge in [-0.25, -0.2) is 13.6 Å². The van der Waals surface area contributed by atoms with E-state index in [4.69, 9.17) is 5.14 Å². The standard InChI is InChI=1S/C9H16N4O2S/c1-2-13-9(16(10,14)15)7(6-12-13)5-11-8-3-4-8/h6,8,11H,2-5H2,1H3,(H2,10,14,15). The van der Waals surface area contributed by atoms with Gasteiger partial charge in [0.1, 0.15) is 0 Å². The molecule has 0 radical (unpaired) electrons. The van der Waals surface area contributed by atoms with Crippen molar-refractivity contribution in [2.24, 2.45) is 5.14 Å². The molecule has 2 rings (SSSR count). The van der Waals surface area contributed by atoms with Gasteiger partial charge < -0.3 is 5.32 Å². The quantitative estimate of drug-likeness (QED) is 0.750. The van der Waals surface area contributed by atoms with Crippen molar-refractivity contribution >= 4 is 10.0 Å². The minimum absolute atomic E-state index is 0.128. The highest BCUT2D eigenvalue weighted by Crippen LogP contribution is 2.20. The zero-order chi connectivity index (χ0) is 11.8. The molecule has 1 aromatic rings. The van der Waals surface area contributed by atoms with E-state index in [9.17, 15) is 8.42 Å². The average molecular weight is 244 g/mol. The molecule has 0 spiro atoms. The number of rotatable bonds is 5. The Balaban J connectivity index is 2.25. The highest BCUT2D eigenvalue weighted by molar-refractivity contribution is 7.89. The Morgan fingerprint density at radius 3 is 2.81 bits per heavy atom. The monoisotopic (exact) mass is 244 g/mol. The number of hydrogen-bond donors (Lipinski definition) is 2. The number of nitrogens with two attached hydrogens (primary N) is 1. The minimum atomic E-state index is -3.70. The summed E-state index contributed by atoms with van der Waals surface area (Å²) >= 11 is 0. The van der Waals surface area contributed by atoms with Gasteiger partial charge in [-0.1, -0.05) is 0 Å². The first-order valence-electron chi connectivity index (χ1n) is 5.33. The fourth-order valence-corrected chi connectivity index (χ4v) is 2.59. The first kappa shape index (κ1) is 11.6. The van der Waals surface area contributed by atoms with E-state index in [0.29, 0.717) is 24.7 Å². The summed E-state index contributed by atoms with van der Waals surface area (Å²) in [5.41, 5.74) is 0.649. The number of sulfonamides is 1. The molecule has 6 nitrogen and oxygen atoms in total. The van der Waals surface area contributed by atoms with Gasteiger partial charge in [-0.2, -0.15) is 5.10 Å². The zero-order valence-corrected chi connectivity index (χ0v) is 10.00. The number of aromatic nitrogens is 2. The van der Waals surface area contributed by atoms with Gasteiger partial charge in [0.05, 0.1) is 6.20 Å². The van der Waals surface area contributed by atoms with Crippen LogP contribution in [0.2, 0.25) is 0 Å². The van der Waals surface area contributed by atoms with E-state index in [-0.39, 0.29) is 5.03 Å². The number of aryl methyl sites for hydroxylation is 1. The lowest BCUT2D eigenvalue weighted by molar-refractivity contribution is 0.548. The second kappa shape index (κ2) is 4.15.